The zero-order valence-corrected chi connectivity index (χ0v) is 33.1. The minimum Gasteiger partial charge on any atom is -0.481 e. The monoisotopic (exact) mass is 713 g/mol. The van der Waals surface area contributed by atoms with Crippen molar-refractivity contribution in [3.8, 4) is 0 Å². The van der Waals surface area contributed by atoms with Crippen LogP contribution in [0.2, 0.25) is 0 Å². The van der Waals surface area contributed by atoms with E-state index in [4.69, 9.17) is 15.2 Å². The number of ether oxygens (including phenoxy) is 2. The lowest BCUT2D eigenvalue weighted by molar-refractivity contribution is -0.238. The number of nitrogens with two attached hydrogens (primary N) is 1. The fourth-order valence-corrected chi connectivity index (χ4v) is 13.4. The molecule has 4 saturated carbocycles. The van der Waals surface area contributed by atoms with Crippen LogP contribution in [-0.4, -0.2) is 71.5 Å². The zero-order chi connectivity index (χ0) is 37.6. The van der Waals surface area contributed by atoms with Crippen molar-refractivity contribution in [2.45, 2.75) is 163 Å². The topological polar surface area (TPSA) is 148 Å². The number of hydrogen-bond donors (Lipinski definition) is 4. The molecule has 5 N–H and O–H groups in total. The Labute approximate surface area is 306 Å². The SMILES string of the molecule is CC(C)C1=C2C([C@@H](O)CNCC3CCCO3)(CC[C@]3(C)C2(N)CC[C@@H]2[C@@]4(C)CC[C@H](OC(=O)CC(C)(C)C(=O)O)C(C)(C)[C@@H]4CC[C@]23C)CC1=O. The number of aliphatic carboxylic acids is 1. The molecule has 1 heterocycles. The lowest BCUT2D eigenvalue weighted by atomic mass is 9.31. The molecule has 0 aromatic heterocycles. The molecule has 0 aromatic carbocycles. The average molecular weight is 713 g/mol. The predicted octanol–water partition coefficient (Wildman–Crippen LogP) is 6.59. The maximum absolute atomic E-state index is 14.1. The minimum absolute atomic E-state index is 0.00508. The van der Waals surface area contributed by atoms with Crippen LogP contribution in [0.15, 0.2) is 11.1 Å². The van der Waals surface area contributed by atoms with Gasteiger partial charge >= 0.3 is 11.9 Å². The van der Waals surface area contributed by atoms with Crippen molar-refractivity contribution in [2.75, 3.05) is 19.7 Å². The van der Waals surface area contributed by atoms with Crippen molar-refractivity contribution in [1.82, 2.24) is 5.32 Å². The standard InChI is InChI=1S/C42H68N2O7/c1-25(2)33-27(45)21-41(30(46)24-44-23-26-11-10-20-50-26)19-18-40(9)39(8)16-12-28-37(5,6)31(51-32(47)22-36(3,4)35(48)49)14-15-38(28,7)29(39)13-17-42(40,43)34(33)41/h25-26,28-31,44,46H,10-24,43H2,1-9H3,(H,48,49)/t26?,28-,29+,30-,31-,38-,39+,40-,41?,42?/m0/s1. The van der Waals surface area contributed by atoms with Crippen LogP contribution < -0.4 is 11.1 Å². The van der Waals surface area contributed by atoms with E-state index in [1.54, 1.807) is 13.8 Å². The predicted molar refractivity (Wildman–Crippen MR) is 197 cm³/mol. The molecule has 9 nitrogen and oxygen atoms in total. The summed E-state index contributed by atoms with van der Waals surface area (Å²) in [6.07, 6.45) is 8.54. The third kappa shape index (κ3) is 5.71. The van der Waals surface area contributed by atoms with Crippen molar-refractivity contribution in [3.63, 3.8) is 0 Å². The molecule has 0 radical (unpaired) electrons. The molecular weight excluding hydrogens is 644 g/mol. The minimum atomic E-state index is -1.17. The van der Waals surface area contributed by atoms with Crippen LogP contribution in [0.4, 0.5) is 0 Å². The molecule has 3 unspecified atom stereocenters. The Morgan fingerprint density at radius 1 is 1.00 bits per heavy atom. The number of carboxylic acid groups (broad SMARTS) is 1. The number of Topliss-reactive ketones (excluding diaryl/α,β-unsaturated/α-hetero) is 1. The van der Waals surface area contributed by atoms with E-state index in [9.17, 15) is 24.6 Å². The Balaban J connectivity index is 1.29. The number of aliphatic hydroxyl groups is 1. The van der Waals surface area contributed by atoms with E-state index in [1.807, 2.05) is 0 Å². The number of hydrogen-bond acceptors (Lipinski definition) is 8. The van der Waals surface area contributed by atoms with Crippen LogP contribution in [0.1, 0.15) is 139 Å². The molecule has 6 rings (SSSR count). The first-order chi connectivity index (χ1) is 23.6. The molecule has 9 heteroatoms. The van der Waals surface area contributed by atoms with Crippen molar-refractivity contribution in [3.05, 3.63) is 11.1 Å². The molecule has 51 heavy (non-hydrogen) atoms. The number of carbonyl (C=O) groups is 3. The molecule has 6 aliphatic rings. The summed E-state index contributed by atoms with van der Waals surface area (Å²) in [5.74, 6) is -0.508. The third-order valence-corrected chi connectivity index (χ3v) is 16.5. The van der Waals surface area contributed by atoms with Crippen LogP contribution in [0.5, 0.6) is 0 Å². The van der Waals surface area contributed by atoms with Crippen LogP contribution in [0, 0.1) is 50.2 Å². The molecular formula is C42H68N2O7. The highest BCUT2D eigenvalue weighted by atomic mass is 16.5. The Morgan fingerprint density at radius 3 is 2.31 bits per heavy atom. The molecule has 0 aromatic rings. The summed E-state index contributed by atoms with van der Waals surface area (Å²) >= 11 is 0. The first-order valence-corrected chi connectivity index (χ1v) is 20.1. The highest BCUT2D eigenvalue weighted by molar-refractivity contribution is 6.01. The third-order valence-electron chi connectivity index (χ3n) is 16.5. The molecule has 1 aliphatic heterocycles. The van der Waals surface area contributed by atoms with E-state index < -0.39 is 34.4 Å². The molecule has 0 amide bonds. The zero-order valence-electron chi connectivity index (χ0n) is 33.1. The van der Waals surface area contributed by atoms with Crippen molar-refractivity contribution < 1.29 is 34.1 Å². The first-order valence-electron chi connectivity index (χ1n) is 20.1. The largest absolute Gasteiger partial charge is 0.481 e. The van der Waals surface area contributed by atoms with Crippen LogP contribution in [0.25, 0.3) is 0 Å². The van der Waals surface area contributed by atoms with Crippen molar-refractivity contribution >= 4 is 17.7 Å². The summed E-state index contributed by atoms with van der Waals surface area (Å²) in [4.78, 5) is 38.9. The lowest BCUT2D eigenvalue weighted by Gasteiger charge is -2.74. The van der Waals surface area contributed by atoms with E-state index in [-0.39, 0.29) is 52.0 Å². The number of fused-ring (bicyclic) bond motifs is 7. The number of carbonyl (C=O) groups excluding carboxylic acids is 2. The van der Waals surface area contributed by atoms with Crippen LogP contribution in [0.3, 0.4) is 0 Å². The van der Waals surface area contributed by atoms with Gasteiger partial charge in [-0.25, -0.2) is 0 Å². The number of rotatable bonds is 10. The second-order valence-corrected chi connectivity index (χ2v) is 20.1. The molecule has 10 atom stereocenters. The fourth-order valence-electron chi connectivity index (χ4n) is 13.4. The number of ketones is 1. The van der Waals surface area contributed by atoms with Gasteiger partial charge in [-0.2, -0.15) is 0 Å². The van der Waals surface area contributed by atoms with Gasteiger partial charge in [0.25, 0.3) is 0 Å². The number of nitrogens with one attached hydrogen (secondary N) is 1. The van der Waals surface area contributed by atoms with E-state index >= 15 is 0 Å². The molecule has 5 fully saturated rings. The summed E-state index contributed by atoms with van der Waals surface area (Å²) in [5, 5.41) is 25.2. The van der Waals surface area contributed by atoms with Gasteiger partial charge in [0.05, 0.1) is 24.0 Å². The summed E-state index contributed by atoms with van der Waals surface area (Å²) in [6, 6.07) is 0. The first kappa shape index (κ1) is 38.9. The Bertz CT molecular complexity index is 1450. The molecule has 0 spiro atoms. The van der Waals surface area contributed by atoms with E-state index in [1.165, 1.54) is 0 Å². The second-order valence-electron chi connectivity index (χ2n) is 20.1. The average Bonchev–Trinajstić information content (AvgIpc) is 3.66. The van der Waals surface area contributed by atoms with Gasteiger partial charge in [0.2, 0.25) is 0 Å². The van der Waals surface area contributed by atoms with Gasteiger partial charge in [-0.05, 0) is 123 Å². The van der Waals surface area contributed by atoms with E-state index in [2.05, 4.69) is 53.8 Å². The Hall–Kier alpha value is -1.81. The maximum Gasteiger partial charge on any atom is 0.309 e. The van der Waals surface area contributed by atoms with Gasteiger partial charge in [-0.15, -0.1) is 0 Å². The molecule has 5 aliphatic carbocycles. The van der Waals surface area contributed by atoms with Crippen molar-refractivity contribution in [2.24, 2.45) is 56.0 Å². The Morgan fingerprint density at radius 2 is 1.69 bits per heavy atom. The number of aliphatic hydroxyl groups excluding tert-OH is 1. The molecule has 0 bridgehead atoms. The van der Waals surface area contributed by atoms with Gasteiger partial charge < -0.3 is 30.7 Å². The van der Waals surface area contributed by atoms with Crippen molar-refractivity contribution in [1.29, 1.82) is 0 Å². The second kappa shape index (κ2) is 12.9. The van der Waals surface area contributed by atoms with E-state index in [0.717, 1.165) is 82.0 Å². The van der Waals surface area contributed by atoms with Gasteiger partial charge in [-0.3, -0.25) is 14.4 Å². The quantitative estimate of drug-likeness (QED) is 0.184. The fraction of sp³-hybridized carbons (Fsp3) is 0.881. The van der Waals surface area contributed by atoms with Crippen LogP contribution in [-0.2, 0) is 23.9 Å². The van der Waals surface area contributed by atoms with Gasteiger partial charge in [-0.1, -0.05) is 48.5 Å². The highest BCUT2D eigenvalue weighted by Crippen LogP contribution is 2.77. The van der Waals surface area contributed by atoms with Crippen LogP contribution >= 0.6 is 0 Å². The molecule has 1 saturated heterocycles. The van der Waals surface area contributed by atoms with Gasteiger partial charge in [0.15, 0.2) is 5.78 Å². The summed E-state index contributed by atoms with van der Waals surface area (Å²) < 4.78 is 12.0. The number of carboxylic acids is 1. The Kier molecular flexibility index (Phi) is 9.84. The normalized spacial score (nSPS) is 42.5. The smallest absolute Gasteiger partial charge is 0.309 e. The molecule has 288 valence electrons. The number of esters is 1. The van der Waals surface area contributed by atoms with Gasteiger partial charge in [0.1, 0.15) is 6.10 Å². The highest BCUT2D eigenvalue weighted by Gasteiger charge is 2.74. The summed E-state index contributed by atoms with van der Waals surface area (Å²) in [6.45, 7) is 21.2. The summed E-state index contributed by atoms with van der Waals surface area (Å²) in [5.41, 5.74) is 6.74. The lowest BCUT2D eigenvalue weighted by Crippen LogP contribution is -2.74. The van der Waals surface area contributed by atoms with E-state index in [0.29, 0.717) is 31.3 Å². The maximum atomic E-state index is 14.1. The summed E-state index contributed by atoms with van der Waals surface area (Å²) in [7, 11) is 0. The van der Waals surface area contributed by atoms with Gasteiger partial charge in [0, 0.05) is 42.5 Å². The number of allylic oxidation sites excluding steroid dienone is 1.